The fraction of sp³-hybridized carbons (Fsp3) is 0.214. The Morgan fingerprint density at radius 2 is 2.05 bits per heavy atom. The molecular formula is C14H11Cl2NO5. The zero-order chi connectivity index (χ0) is 16.3. The van der Waals surface area contributed by atoms with Gasteiger partial charge >= 0.3 is 11.6 Å². The van der Waals surface area contributed by atoms with Gasteiger partial charge in [0.2, 0.25) is 4.84 Å². The van der Waals surface area contributed by atoms with Crippen molar-refractivity contribution in [1.82, 2.24) is 5.32 Å². The molecule has 0 saturated carbocycles. The van der Waals surface area contributed by atoms with Crippen molar-refractivity contribution in [3.63, 3.8) is 0 Å². The van der Waals surface area contributed by atoms with Crippen molar-refractivity contribution in [2.75, 3.05) is 6.54 Å². The van der Waals surface area contributed by atoms with Crippen LogP contribution in [0.25, 0.3) is 11.0 Å². The smallest absolute Gasteiger partial charge is 0.349 e. The molecule has 2 aromatic rings. The number of rotatable bonds is 4. The van der Waals surface area contributed by atoms with Crippen LogP contribution in [-0.4, -0.2) is 23.3 Å². The molecule has 1 aromatic carbocycles. The molecule has 0 spiro atoms. The van der Waals surface area contributed by atoms with E-state index in [0.717, 1.165) is 0 Å². The van der Waals surface area contributed by atoms with Gasteiger partial charge in [0.25, 0.3) is 5.91 Å². The van der Waals surface area contributed by atoms with E-state index in [1.807, 2.05) is 0 Å². The van der Waals surface area contributed by atoms with E-state index in [0.29, 0.717) is 11.9 Å². The van der Waals surface area contributed by atoms with Crippen LogP contribution in [0.1, 0.15) is 17.3 Å². The predicted molar refractivity (Wildman–Crippen MR) is 81.6 cm³/mol. The van der Waals surface area contributed by atoms with E-state index in [2.05, 4.69) is 5.32 Å². The monoisotopic (exact) mass is 343 g/mol. The highest BCUT2D eigenvalue weighted by molar-refractivity contribution is 6.53. The minimum absolute atomic E-state index is 0.0966. The molecule has 8 heteroatoms. The first-order chi connectivity index (χ1) is 10.4. The number of hydrogen-bond acceptors (Lipinski definition) is 5. The molecule has 0 atom stereocenters. The van der Waals surface area contributed by atoms with Crippen LogP contribution < -0.4 is 15.7 Å². The van der Waals surface area contributed by atoms with Gasteiger partial charge in [-0.05, 0) is 25.1 Å². The number of hydrogen-bond donors (Lipinski definition) is 1. The van der Waals surface area contributed by atoms with Gasteiger partial charge in [-0.25, -0.2) is 9.59 Å². The van der Waals surface area contributed by atoms with Crippen LogP contribution in [-0.2, 0) is 4.79 Å². The van der Waals surface area contributed by atoms with Crippen molar-refractivity contribution in [3.8, 4) is 5.75 Å². The van der Waals surface area contributed by atoms with Crippen LogP contribution in [0.5, 0.6) is 5.75 Å². The molecule has 22 heavy (non-hydrogen) atoms. The third-order valence-electron chi connectivity index (χ3n) is 2.69. The molecule has 1 heterocycles. The molecule has 1 N–H and O–H groups in total. The summed E-state index contributed by atoms with van der Waals surface area (Å²) in [6.45, 7) is 2.13. The lowest BCUT2D eigenvalue weighted by molar-refractivity contribution is -0.132. The molecule has 0 saturated heterocycles. The first kappa shape index (κ1) is 16.3. The van der Waals surface area contributed by atoms with Crippen molar-refractivity contribution in [3.05, 3.63) is 40.2 Å². The third kappa shape index (κ3) is 3.58. The van der Waals surface area contributed by atoms with E-state index < -0.39 is 22.3 Å². The largest absolute Gasteiger partial charge is 0.424 e. The summed E-state index contributed by atoms with van der Waals surface area (Å²) in [5, 5.41) is 3.03. The van der Waals surface area contributed by atoms with Crippen LogP contribution >= 0.6 is 23.2 Å². The van der Waals surface area contributed by atoms with Crippen molar-refractivity contribution in [2.24, 2.45) is 0 Å². The molecule has 1 aromatic heterocycles. The van der Waals surface area contributed by atoms with Crippen molar-refractivity contribution in [2.45, 2.75) is 11.8 Å². The summed E-state index contributed by atoms with van der Waals surface area (Å²) < 4.78 is 9.97. The predicted octanol–water partition coefficient (Wildman–Crippen LogP) is 2.25. The molecule has 0 unspecified atom stereocenters. The number of carbonyl (C=O) groups is 2. The van der Waals surface area contributed by atoms with E-state index in [1.165, 1.54) is 18.2 Å². The lowest BCUT2D eigenvalue weighted by atomic mass is 10.1. The second kappa shape index (κ2) is 6.81. The number of esters is 1. The van der Waals surface area contributed by atoms with Crippen LogP contribution in [0.3, 0.4) is 0 Å². The van der Waals surface area contributed by atoms with Crippen molar-refractivity contribution >= 4 is 46.0 Å². The molecule has 0 aliphatic carbocycles. The van der Waals surface area contributed by atoms with Gasteiger partial charge in [-0.3, -0.25) is 4.79 Å². The van der Waals surface area contributed by atoms with Gasteiger partial charge in [-0.1, -0.05) is 23.2 Å². The highest BCUT2D eigenvalue weighted by Crippen LogP contribution is 2.21. The summed E-state index contributed by atoms with van der Waals surface area (Å²) in [7, 11) is 0. The first-order valence-electron chi connectivity index (χ1n) is 6.28. The van der Waals surface area contributed by atoms with Gasteiger partial charge in [-0.15, -0.1) is 0 Å². The lowest BCUT2D eigenvalue weighted by Crippen LogP contribution is -2.27. The molecule has 0 fully saturated rings. The topological polar surface area (TPSA) is 85.6 Å². The number of benzene rings is 1. The van der Waals surface area contributed by atoms with E-state index >= 15 is 0 Å². The van der Waals surface area contributed by atoms with Gasteiger partial charge in [0.05, 0.1) is 0 Å². The molecule has 116 valence electrons. The van der Waals surface area contributed by atoms with E-state index in [4.69, 9.17) is 32.4 Å². The maximum Gasteiger partial charge on any atom is 0.349 e. The Balaban J connectivity index is 2.39. The number of nitrogens with one attached hydrogen (secondary N) is 1. The SMILES string of the molecule is CCNC(=O)c1cc2ccc(OC(=O)C(Cl)Cl)cc2oc1=O. The zero-order valence-electron chi connectivity index (χ0n) is 11.4. The quantitative estimate of drug-likeness (QED) is 0.398. The summed E-state index contributed by atoms with van der Waals surface area (Å²) >= 11 is 10.8. The van der Waals surface area contributed by atoms with E-state index in [1.54, 1.807) is 13.0 Å². The Morgan fingerprint density at radius 3 is 2.68 bits per heavy atom. The summed E-state index contributed by atoms with van der Waals surface area (Å²) in [5.41, 5.74) is -0.709. The fourth-order valence-corrected chi connectivity index (χ4v) is 1.82. The maximum absolute atomic E-state index is 11.8. The van der Waals surface area contributed by atoms with Gasteiger partial charge in [0.15, 0.2) is 0 Å². The normalized spacial score (nSPS) is 10.7. The van der Waals surface area contributed by atoms with Crippen molar-refractivity contribution < 1.29 is 18.7 Å². The van der Waals surface area contributed by atoms with Crippen LogP contribution in [0.2, 0.25) is 0 Å². The fourth-order valence-electron chi connectivity index (χ4n) is 1.73. The summed E-state index contributed by atoms with van der Waals surface area (Å²) in [5.74, 6) is -1.23. The number of amides is 1. The number of alkyl halides is 2. The van der Waals surface area contributed by atoms with Crippen LogP contribution in [0.15, 0.2) is 33.5 Å². The van der Waals surface area contributed by atoms with E-state index in [-0.39, 0.29) is 16.9 Å². The van der Waals surface area contributed by atoms with Gasteiger partial charge in [0.1, 0.15) is 16.9 Å². The first-order valence-corrected chi connectivity index (χ1v) is 7.15. The number of ether oxygens (including phenoxy) is 1. The van der Waals surface area contributed by atoms with Gasteiger partial charge in [0, 0.05) is 18.0 Å². The minimum atomic E-state index is -1.32. The number of carbonyl (C=O) groups excluding carboxylic acids is 2. The summed E-state index contributed by atoms with van der Waals surface area (Å²) in [6, 6.07) is 5.76. The summed E-state index contributed by atoms with van der Waals surface area (Å²) in [6.07, 6.45) is 0. The molecule has 0 aliphatic heterocycles. The standard InChI is InChI=1S/C14H11Cl2NO5/c1-2-17-12(18)9-5-7-3-4-8(21-14(20)11(15)16)6-10(7)22-13(9)19/h3-6,11H,2H2,1H3,(H,17,18). The molecule has 0 radical (unpaired) electrons. The molecule has 0 aliphatic rings. The Kier molecular flexibility index (Phi) is 5.05. The molecule has 1 amide bonds. The van der Waals surface area contributed by atoms with Gasteiger partial charge in [-0.2, -0.15) is 0 Å². The third-order valence-corrected chi connectivity index (χ3v) is 3.04. The average molecular weight is 344 g/mol. The van der Waals surface area contributed by atoms with E-state index in [9.17, 15) is 14.4 Å². The lowest BCUT2D eigenvalue weighted by Gasteiger charge is -2.06. The minimum Gasteiger partial charge on any atom is -0.424 e. The van der Waals surface area contributed by atoms with Crippen molar-refractivity contribution in [1.29, 1.82) is 0 Å². The molecule has 2 rings (SSSR count). The number of fused-ring (bicyclic) bond motifs is 1. The van der Waals surface area contributed by atoms with Crippen LogP contribution in [0.4, 0.5) is 0 Å². The Labute approximate surface area is 134 Å². The second-order valence-electron chi connectivity index (χ2n) is 4.23. The molecule has 6 nitrogen and oxygen atoms in total. The number of halogens is 2. The van der Waals surface area contributed by atoms with Crippen LogP contribution in [0, 0.1) is 0 Å². The Bertz CT molecular complexity index is 784. The van der Waals surface area contributed by atoms with Gasteiger partial charge < -0.3 is 14.5 Å². The second-order valence-corrected chi connectivity index (χ2v) is 5.32. The Hall–Kier alpha value is -2.05. The summed E-state index contributed by atoms with van der Waals surface area (Å²) in [4.78, 5) is 33.5. The molecule has 0 bridgehead atoms. The Morgan fingerprint density at radius 1 is 1.32 bits per heavy atom. The highest BCUT2D eigenvalue weighted by Gasteiger charge is 2.16. The molecular weight excluding hydrogens is 333 g/mol. The maximum atomic E-state index is 11.8. The highest BCUT2D eigenvalue weighted by atomic mass is 35.5. The average Bonchev–Trinajstić information content (AvgIpc) is 2.46. The zero-order valence-corrected chi connectivity index (χ0v) is 12.9.